The van der Waals surface area contributed by atoms with E-state index in [2.05, 4.69) is 21.5 Å². The van der Waals surface area contributed by atoms with E-state index >= 15 is 0 Å². The van der Waals surface area contributed by atoms with E-state index in [1.54, 1.807) is 29.9 Å². The third-order valence-corrected chi connectivity index (χ3v) is 5.19. The number of hydrogen-bond donors (Lipinski definition) is 1. The Morgan fingerprint density at radius 1 is 1.28 bits per heavy atom. The Labute approximate surface area is 206 Å². The zero-order chi connectivity index (χ0) is 22.2. The average molecular weight is 556 g/mol. The Balaban J connectivity index is 0.00000363. The number of benzene rings is 1. The standard InChI is InChI=1S/C22H32N6O3.HI/c1-5-31-20-13-17(8-9-19(20)30-4)7-6-10-24-22(23-2)27-11-12-28(21(29)16-27)18-14-25-26(3)15-18;/h8-9,13-15H,5-7,10-12,16H2,1-4H3,(H,23,24);1H. The van der Waals surface area contributed by atoms with Gasteiger partial charge in [0.25, 0.3) is 0 Å². The Morgan fingerprint density at radius 2 is 2.09 bits per heavy atom. The molecule has 10 heteroatoms. The van der Waals surface area contributed by atoms with Gasteiger partial charge in [0, 0.05) is 39.9 Å². The number of aliphatic imine (C=N–C) groups is 1. The summed E-state index contributed by atoms with van der Waals surface area (Å²) >= 11 is 0. The number of halogens is 1. The number of aromatic nitrogens is 2. The number of ether oxygens (including phenoxy) is 2. The van der Waals surface area contributed by atoms with Crippen molar-refractivity contribution in [3.05, 3.63) is 36.2 Å². The first kappa shape index (κ1) is 25.8. The van der Waals surface area contributed by atoms with E-state index < -0.39 is 0 Å². The van der Waals surface area contributed by atoms with Crippen LogP contribution in [0.5, 0.6) is 11.5 Å². The monoisotopic (exact) mass is 556 g/mol. The minimum atomic E-state index is 0. The molecule has 0 atom stereocenters. The van der Waals surface area contributed by atoms with Gasteiger partial charge in [0.15, 0.2) is 17.5 Å². The van der Waals surface area contributed by atoms with Gasteiger partial charge in [-0.05, 0) is 37.5 Å². The van der Waals surface area contributed by atoms with Crippen LogP contribution in [-0.4, -0.2) is 73.5 Å². The molecule has 0 unspecified atom stereocenters. The molecule has 9 nitrogen and oxygen atoms in total. The second kappa shape index (κ2) is 12.5. The van der Waals surface area contributed by atoms with Gasteiger partial charge in [-0.15, -0.1) is 24.0 Å². The van der Waals surface area contributed by atoms with Gasteiger partial charge in [-0.25, -0.2) is 0 Å². The Morgan fingerprint density at radius 3 is 2.72 bits per heavy atom. The molecule has 1 saturated heterocycles. The van der Waals surface area contributed by atoms with Gasteiger partial charge >= 0.3 is 0 Å². The summed E-state index contributed by atoms with van der Waals surface area (Å²) in [6, 6.07) is 6.04. The van der Waals surface area contributed by atoms with E-state index in [1.807, 2.05) is 37.2 Å². The van der Waals surface area contributed by atoms with Crippen molar-refractivity contribution in [2.45, 2.75) is 19.8 Å². The number of amides is 1. The van der Waals surface area contributed by atoms with Crippen LogP contribution in [0, 0.1) is 0 Å². The third kappa shape index (κ3) is 6.50. The van der Waals surface area contributed by atoms with Crippen molar-refractivity contribution in [2.24, 2.45) is 12.0 Å². The fourth-order valence-corrected chi connectivity index (χ4v) is 3.64. The number of piperazine rings is 1. The maximum Gasteiger partial charge on any atom is 0.246 e. The number of carbonyl (C=O) groups excluding carboxylic acids is 1. The van der Waals surface area contributed by atoms with Crippen molar-refractivity contribution < 1.29 is 14.3 Å². The lowest BCUT2D eigenvalue weighted by Crippen LogP contribution is -2.55. The molecule has 1 aromatic heterocycles. The molecule has 1 N–H and O–H groups in total. The highest BCUT2D eigenvalue weighted by molar-refractivity contribution is 14.0. The molecule has 32 heavy (non-hydrogen) atoms. The highest BCUT2D eigenvalue weighted by Crippen LogP contribution is 2.28. The van der Waals surface area contributed by atoms with E-state index in [0.717, 1.165) is 49.1 Å². The van der Waals surface area contributed by atoms with E-state index in [0.29, 0.717) is 19.7 Å². The number of hydrogen-bond acceptors (Lipinski definition) is 5. The lowest BCUT2D eigenvalue weighted by Gasteiger charge is -2.35. The average Bonchev–Trinajstić information content (AvgIpc) is 3.20. The number of anilines is 1. The number of nitrogens with zero attached hydrogens (tertiary/aromatic N) is 5. The molecule has 1 aliphatic heterocycles. The first-order valence-electron chi connectivity index (χ1n) is 10.6. The maximum atomic E-state index is 12.6. The zero-order valence-electron chi connectivity index (χ0n) is 19.2. The summed E-state index contributed by atoms with van der Waals surface area (Å²) < 4.78 is 12.7. The molecule has 1 fully saturated rings. The summed E-state index contributed by atoms with van der Waals surface area (Å²) in [5.41, 5.74) is 2.03. The van der Waals surface area contributed by atoms with Gasteiger partial charge in [-0.2, -0.15) is 5.10 Å². The van der Waals surface area contributed by atoms with Crippen LogP contribution >= 0.6 is 24.0 Å². The molecule has 0 spiro atoms. The second-order valence-corrected chi connectivity index (χ2v) is 7.33. The van der Waals surface area contributed by atoms with Crippen LogP contribution in [0.3, 0.4) is 0 Å². The normalized spacial score (nSPS) is 14.2. The summed E-state index contributed by atoms with van der Waals surface area (Å²) in [7, 11) is 5.24. The molecule has 0 aliphatic carbocycles. The van der Waals surface area contributed by atoms with Crippen molar-refractivity contribution in [3.63, 3.8) is 0 Å². The van der Waals surface area contributed by atoms with Crippen molar-refractivity contribution in [3.8, 4) is 11.5 Å². The van der Waals surface area contributed by atoms with E-state index in [1.165, 1.54) is 5.56 Å². The summed E-state index contributed by atoms with van der Waals surface area (Å²) in [6.07, 6.45) is 5.41. The molecule has 0 bridgehead atoms. The summed E-state index contributed by atoms with van der Waals surface area (Å²) in [5, 5.41) is 7.54. The summed E-state index contributed by atoms with van der Waals surface area (Å²) in [6.45, 7) is 4.95. The van der Waals surface area contributed by atoms with Gasteiger partial charge in [0.2, 0.25) is 5.91 Å². The van der Waals surface area contributed by atoms with Crippen molar-refractivity contribution in [1.29, 1.82) is 0 Å². The number of methoxy groups -OCH3 is 1. The molecule has 1 aliphatic rings. The SMILES string of the molecule is CCOc1cc(CCCNC(=NC)N2CCN(c3cnn(C)c3)C(=O)C2)ccc1OC.I. The van der Waals surface area contributed by atoms with Crippen LogP contribution in [-0.2, 0) is 18.3 Å². The summed E-state index contributed by atoms with van der Waals surface area (Å²) in [4.78, 5) is 20.8. The summed E-state index contributed by atoms with van der Waals surface area (Å²) in [5.74, 6) is 2.32. The van der Waals surface area contributed by atoms with E-state index in [9.17, 15) is 4.79 Å². The Bertz CT molecular complexity index is 917. The Hall–Kier alpha value is -2.50. The van der Waals surface area contributed by atoms with Crippen LogP contribution in [0.15, 0.2) is 35.6 Å². The first-order chi connectivity index (χ1) is 15.0. The number of rotatable bonds is 8. The fourth-order valence-electron chi connectivity index (χ4n) is 3.64. The molecule has 1 amide bonds. The molecule has 1 aromatic carbocycles. The maximum absolute atomic E-state index is 12.6. The molecular weight excluding hydrogens is 523 g/mol. The molecule has 0 radical (unpaired) electrons. The topological polar surface area (TPSA) is 84.2 Å². The van der Waals surface area contributed by atoms with Crippen molar-refractivity contribution in [1.82, 2.24) is 20.0 Å². The number of carbonyl (C=O) groups is 1. The van der Waals surface area contributed by atoms with Gasteiger partial charge in [0.1, 0.15) is 6.54 Å². The highest BCUT2D eigenvalue weighted by atomic mass is 127. The van der Waals surface area contributed by atoms with Crippen molar-refractivity contribution >= 4 is 41.5 Å². The lowest BCUT2D eigenvalue weighted by atomic mass is 10.1. The second-order valence-electron chi connectivity index (χ2n) is 7.33. The predicted molar refractivity (Wildman–Crippen MR) is 136 cm³/mol. The number of guanidine groups is 1. The number of aryl methyl sites for hydroxylation is 2. The van der Waals surface area contributed by atoms with Crippen LogP contribution in [0.25, 0.3) is 0 Å². The third-order valence-electron chi connectivity index (χ3n) is 5.19. The van der Waals surface area contributed by atoms with E-state index in [-0.39, 0.29) is 29.9 Å². The Kier molecular flexibility index (Phi) is 10.1. The molecule has 2 aromatic rings. The molecule has 3 rings (SSSR count). The largest absolute Gasteiger partial charge is 0.493 e. The fraction of sp³-hybridized carbons (Fsp3) is 0.500. The smallest absolute Gasteiger partial charge is 0.246 e. The van der Waals surface area contributed by atoms with Crippen molar-refractivity contribution in [2.75, 3.05) is 51.8 Å². The molecule has 2 heterocycles. The zero-order valence-corrected chi connectivity index (χ0v) is 21.5. The van der Waals surface area contributed by atoms with Crippen LogP contribution in [0.1, 0.15) is 18.9 Å². The van der Waals surface area contributed by atoms with E-state index in [4.69, 9.17) is 9.47 Å². The quantitative estimate of drug-likeness (QED) is 0.233. The minimum Gasteiger partial charge on any atom is -0.493 e. The van der Waals surface area contributed by atoms with Crippen LogP contribution < -0.4 is 19.7 Å². The van der Waals surface area contributed by atoms with Crippen LogP contribution in [0.4, 0.5) is 5.69 Å². The number of nitrogens with one attached hydrogen (secondary N) is 1. The molecule has 176 valence electrons. The first-order valence-corrected chi connectivity index (χ1v) is 10.6. The lowest BCUT2D eigenvalue weighted by molar-refractivity contribution is -0.120. The van der Waals surface area contributed by atoms with Crippen LogP contribution in [0.2, 0.25) is 0 Å². The predicted octanol–water partition coefficient (Wildman–Crippen LogP) is 2.30. The highest BCUT2D eigenvalue weighted by Gasteiger charge is 2.27. The van der Waals surface area contributed by atoms with Gasteiger partial charge in [-0.3, -0.25) is 14.5 Å². The van der Waals surface area contributed by atoms with Gasteiger partial charge in [-0.1, -0.05) is 6.07 Å². The molecule has 0 saturated carbocycles. The molecular formula is C22H33IN6O3. The van der Waals surface area contributed by atoms with Gasteiger partial charge < -0.3 is 24.6 Å². The van der Waals surface area contributed by atoms with Gasteiger partial charge in [0.05, 0.1) is 25.6 Å². The minimum absolute atomic E-state index is 0.